The lowest BCUT2D eigenvalue weighted by Gasteiger charge is -2.17. The Balaban J connectivity index is 1.84. The Hall–Kier alpha value is -0.0400. The molecule has 0 N–H and O–H groups in total. The lowest BCUT2D eigenvalue weighted by Crippen LogP contribution is -2.18. The van der Waals surface area contributed by atoms with E-state index < -0.39 is 0 Å². The highest BCUT2D eigenvalue weighted by molar-refractivity contribution is 5.03. The summed E-state index contributed by atoms with van der Waals surface area (Å²) in [6, 6.07) is 0. The molecule has 1 atom stereocenters. The molecule has 1 unspecified atom stereocenters. The van der Waals surface area contributed by atoms with Crippen molar-refractivity contribution in [1.82, 2.24) is 0 Å². The van der Waals surface area contributed by atoms with E-state index in [1.165, 1.54) is 44.9 Å². The van der Waals surface area contributed by atoms with Crippen LogP contribution in [0.3, 0.4) is 0 Å². The summed E-state index contributed by atoms with van der Waals surface area (Å²) in [6.07, 6.45) is 10.2. The van der Waals surface area contributed by atoms with Crippen LogP contribution in [0.2, 0.25) is 0 Å². The van der Waals surface area contributed by atoms with Gasteiger partial charge in [-0.3, -0.25) is 0 Å². The molecule has 0 bridgehead atoms. The van der Waals surface area contributed by atoms with E-state index in [0.29, 0.717) is 11.7 Å². The summed E-state index contributed by atoms with van der Waals surface area (Å²) in [5.41, 5.74) is 0.397. The van der Waals surface area contributed by atoms with Gasteiger partial charge in [0.2, 0.25) is 0 Å². The molecule has 1 heterocycles. The third kappa shape index (κ3) is 1.31. The van der Waals surface area contributed by atoms with Gasteiger partial charge in [-0.05, 0) is 19.3 Å². The van der Waals surface area contributed by atoms with Crippen LogP contribution >= 0.6 is 0 Å². The summed E-state index contributed by atoms with van der Waals surface area (Å²) in [5.74, 6) is 0. The summed E-state index contributed by atoms with van der Waals surface area (Å²) in [6.45, 7) is 2.25. The number of hydrogen-bond donors (Lipinski definition) is 0. The molecular weight excluding hydrogens is 136 g/mol. The van der Waals surface area contributed by atoms with Crippen molar-refractivity contribution in [3.63, 3.8) is 0 Å². The Bertz CT molecular complexity index is 136. The molecular formula is C10H18O. The van der Waals surface area contributed by atoms with E-state index in [-0.39, 0.29) is 0 Å². The van der Waals surface area contributed by atoms with Crippen LogP contribution in [-0.2, 0) is 4.74 Å². The second-order valence-electron chi connectivity index (χ2n) is 4.02. The largest absolute Gasteiger partial charge is 0.366 e. The fraction of sp³-hybridized carbons (Fsp3) is 1.00. The fourth-order valence-electron chi connectivity index (χ4n) is 2.42. The first-order valence-corrected chi connectivity index (χ1v) is 5.05. The van der Waals surface area contributed by atoms with Crippen LogP contribution in [0.4, 0.5) is 0 Å². The van der Waals surface area contributed by atoms with E-state index in [0.717, 1.165) is 0 Å². The van der Waals surface area contributed by atoms with Gasteiger partial charge in [-0.25, -0.2) is 0 Å². The molecule has 11 heavy (non-hydrogen) atoms. The van der Waals surface area contributed by atoms with Gasteiger partial charge in [0.15, 0.2) is 0 Å². The van der Waals surface area contributed by atoms with Gasteiger partial charge in [0, 0.05) is 0 Å². The molecule has 1 aliphatic heterocycles. The van der Waals surface area contributed by atoms with Crippen molar-refractivity contribution in [3.05, 3.63) is 0 Å². The first-order chi connectivity index (χ1) is 5.37. The molecule has 2 fully saturated rings. The Labute approximate surface area is 69.1 Å². The predicted octanol–water partition coefficient (Wildman–Crippen LogP) is 2.89. The standard InChI is InChI=1S/C10H18O/c1-2-6-9-10(11-9)7-4-3-5-8-10/h9H,2-8H2,1H3. The molecule has 0 aromatic heterocycles. The maximum atomic E-state index is 5.79. The smallest absolute Gasteiger partial charge is 0.0948 e. The lowest BCUT2D eigenvalue weighted by atomic mass is 9.85. The monoisotopic (exact) mass is 154 g/mol. The molecule has 1 saturated carbocycles. The van der Waals surface area contributed by atoms with Crippen molar-refractivity contribution in [1.29, 1.82) is 0 Å². The van der Waals surface area contributed by atoms with E-state index in [2.05, 4.69) is 6.92 Å². The van der Waals surface area contributed by atoms with Crippen LogP contribution in [0.1, 0.15) is 51.9 Å². The quantitative estimate of drug-likeness (QED) is 0.557. The minimum atomic E-state index is 0.397. The summed E-state index contributed by atoms with van der Waals surface area (Å²) in [5, 5.41) is 0. The average molecular weight is 154 g/mol. The zero-order chi connectivity index (χ0) is 7.73. The van der Waals surface area contributed by atoms with Crippen LogP contribution in [0, 0.1) is 0 Å². The predicted molar refractivity (Wildman–Crippen MR) is 45.6 cm³/mol. The topological polar surface area (TPSA) is 12.5 Å². The van der Waals surface area contributed by atoms with Gasteiger partial charge in [-0.2, -0.15) is 0 Å². The van der Waals surface area contributed by atoms with Crippen LogP contribution in [-0.4, -0.2) is 11.7 Å². The van der Waals surface area contributed by atoms with Crippen molar-refractivity contribution in [2.24, 2.45) is 0 Å². The zero-order valence-electron chi connectivity index (χ0n) is 7.44. The maximum Gasteiger partial charge on any atom is 0.0948 e. The van der Waals surface area contributed by atoms with Gasteiger partial charge in [-0.1, -0.05) is 32.6 Å². The normalized spacial score (nSPS) is 34.1. The van der Waals surface area contributed by atoms with E-state index in [9.17, 15) is 0 Å². The Morgan fingerprint density at radius 1 is 1.27 bits per heavy atom. The Kier molecular flexibility index (Phi) is 1.92. The first kappa shape index (κ1) is 7.60. The summed E-state index contributed by atoms with van der Waals surface area (Å²) >= 11 is 0. The van der Waals surface area contributed by atoms with Crippen LogP contribution in [0.5, 0.6) is 0 Å². The van der Waals surface area contributed by atoms with Gasteiger partial charge in [-0.15, -0.1) is 0 Å². The van der Waals surface area contributed by atoms with Crippen LogP contribution < -0.4 is 0 Å². The van der Waals surface area contributed by atoms with Crippen molar-refractivity contribution < 1.29 is 4.74 Å². The van der Waals surface area contributed by atoms with E-state index in [1.807, 2.05) is 0 Å². The highest BCUT2D eigenvalue weighted by Gasteiger charge is 2.54. The molecule has 1 aliphatic carbocycles. The molecule has 64 valence electrons. The van der Waals surface area contributed by atoms with Crippen LogP contribution in [0.25, 0.3) is 0 Å². The highest BCUT2D eigenvalue weighted by atomic mass is 16.6. The molecule has 0 aromatic rings. The fourth-order valence-corrected chi connectivity index (χ4v) is 2.42. The van der Waals surface area contributed by atoms with Gasteiger partial charge in [0.25, 0.3) is 0 Å². The molecule has 2 rings (SSSR count). The number of rotatable bonds is 2. The second-order valence-corrected chi connectivity index (χ2v) is 4.02. The van der Waals surface area contributed by atoms with E-state index in [4.69, 9.17) is 4.74 Å². The van der Waals surface area contributed by atoms with Crippen LogP contribution in [0.15, 0.2) is 0 Å². The third-order valence-corrected chi connectivity index (χ3v) is 3.16. The minimum absolute atomic E-state index is 0.397. The minimum Gasteiger partial charge on any atom is -0.366 e. The SMILES string of the molecule is CCCC1OC12CCCCC2. The molecule has 1 spiro atoms. The Morgan fingerprint density at radius 2 is 2.00 bits per heavy atom. The molecule has 0 radical (unpaired) electrons. The number of hydrogen-bond acceptors (Lipinski definition) is 1. The van der Waals surface area contributed by atoms with Crippen molar-refractivity contribution >= 4 is 0 Å². The molecule has 1 nitrogen and oxygen atoms in total. The van der Waals surface area contributed by atoms with Gasteiger partial charge < -0.3 is 4.74 Å². The van der Waals surface area contributed by atoms with E-state index in [1.54, 1.807) is 0 Å². The Morgan fingerprint density at radius 3 is 2.64 bits per heavy atom. The lowest BCUT2D eigenvalue weighted by molar-refractivity contribution is 0.233. The molecule has 1 saturated heterocycles. The molecule has 0 amide bonds. The van der Waals surface area contributed by atoms with Gasteiger partial charge >= 0.3 is 0 Å². The average Bonchev–Trinajstić information content (AvgIpc) is 2.66. The highest BCUT2D eigenvalue weighted by Crippen LogP contribution is 2.49. The number of epoxide rings is 1. The molecule has 1 heteroatoms. The van der Waals surface area contributed by atoms with E-state index >= 15 is 0 Å². The van der Waals surface area contributed by atoms with Crippen molar-refractivity contribution in [2.75, 3.05) is 0 Å². The summed E-state index contributed by atoms with van der Waals surface area (Å²) in [4.78, 5) is 0. The van der Waals surface area contributed by atoms with Crippen molar-refractivity contribution in [2.45, 2.75) is 63.6 Å². The van der Waals surface area contributed by atoms with Crippen molar-refractivity contribution in [3.8, 4) is 0 Å². The maximum absolute atomic E-state index is 5.79. The summed E-state index contributed by atoms with van der Waals surface area (Å²) < 4.78 is 5.79. The number of ether oxygens (including phenoxy) is 1. The third-order valence-electron chi connectivity index (χ3n) is 3.16. The zero-order valence-corrected chi connectivity index (χ0v) is 7.44. The summed E-state index contributed by atoms with van der Waals surface area (Å²) in [7, 11) is 0. The van der Waals surface area contributed by atoms with Gasteiger partial charge in [0.05, 0.1) is 11.7 Å². The second kappa shape index (κ2) is 2.78. The molecule has 2 aliphatic rings. The van der Waals surface area contributed by atoms with Gasteiger partial charge in [0.1, 0.15) is 0 Å². The molecule has 0 aromatic carbocycles. The first-order valence-electron chi connectivity index (χ1n) is 5.05.